The van der Waals surface area contributed by atoms with E-state index < -0.39 is 5.82 Å². The molecule has 0 radical (unpaired) electrons. The number of benzene rings is 2. The lowest BCUT2D eigenvalue weighted by molar-refractivity contribution is -0.113. The topological polar surface area (TPSA) is 58.4 Å². The minimum Gasteiger partial charge on any atom is -0.396 e. The number of allylic oxidation sites excluding steroid dienone is 2. The number of Topliss-reactive ketones (excluding diaryl/α,β-unsaturated/α-hetero) is 1. The highest BCUT2D eigenvalue weighted by molar-refractivity contribution is 6.30. The Labute approximate surface area is 193 Å². The van der Waals surface area contributed by atoms with Crippen LogP contribution >= 0.6 is 11.6 Å². The molecular weight excluding hydrogens is 425 g/mol. The van der Waals surface area contributed by atoms with Crippen molar-refractivity contribution in [3.05, 3.63) is 70.1 Å². The SMILES string of the molecule is C=C1C(C(C)=O)=CN2c3c(c(NC(C)CCc4ccc(Cl)cc4)c(F)c(N)c31)CCC2C. The molecule has 0 aromatic heterocycles. The van der Waals surface area contributed by atoms with Gasteiger partial charge >= 0.3 is 0 Å². The Balaban J connectivity index is 1.67. The van der Waals surface area contributed by atoms with Gasteiger partial charge in [0, 0.05) is 40.0 Å². The van der Waals surface area contributed by atoms with Gasteiger partial charge in [-0.15, -0.1) is 0 Å². The second-order valence-electron chi connectivity index (χ2n) is 8.89. The number of nitrogens with zero attached hydrogens (tertiary/aromatic N) is 1. The maximum absolute atomic E-state index is 15.6. The number of nitrogens with one attached hydrogen (secondary N) is 1. The summed E-state index contributed by atoms with van der Waals surface area (Å²) in [4.78, 5) is 14.3. The summed E-state index contributed by atoms with van der Waals surface area (Å²) in [6.07, 6.45) is 5.13. The molecule has 2 aliphatic heterocycles. The quantitative estimate of drug-likeness (QED) is 0.516. The molecule has 6 heteroatoms. The number of hydrogen-bond donors (Lipinski definition) is 2. The van der Waals surface area contributed by atoms with Gasteiger partial charge in [-0.25, -0.2) is 4.39 Å². The van der Waals surface area contributed by atoms with Gasteiger partial charge in [0.1, 0.15) is 0 Å². The third kappa shape index (κ3) is 3.90. The molecular formula is C26H29ClFN3O. The molecule has 0 saturated carbocycles. The summed E-state index contributed by atoms with van der Waals surface area (Å²) in [5.41, 5.74) is 11.3. The highest BCUT2D eigenvalue weighted by Crippen LogP contribution is 2.50. The molecule has 32 heavy (non-hydrogen) atoms. The zero-order valence-electron chi connectivity index (χ0n) is 18.8. The molecule has 2 heterocycles. The normalized spacial score (nSPS) is 18.2. The van der Waals surface area contributed by atoms with Gasteiger partial charge in [-0.3, -0.25) is 4.79 Å². The molecule has 0 saturated heterocycles. The first kappa shape index (κ1) is 22.4. The Morgan fingerprint density at radius 2 is 2.06 bits per heavy atom. The molecule has 0 amide bonds. The minimum absolute atomic E-state index is 0.0387. The molecule has 2 aromatic carbocycles. The number of nitrogen functional groups attached to an aromatic ring is 1. The fourth-order valence-electron chi connectivity index (χ4n) is 4.67. The van der Waals surface area contributed by atoms with E-state index in [2.05, 4.69) is 23.7 Å². The van der Waals surface area contributed by atoms with Crippen molar-refractivity contribution in [1.82, 2.24) is 0 Å². The zero-order valence-corrected chi connectivity index (χ0v) is 19.5. The van der Waals surface area contributed by atoms with Gasteiger partial charge in [0.2, 0.25) is 0 Å². The van der Waals surface area contributed by atoms with Crippen molar-refractivity contribution >= 4 is 40.0 Å². The van der Waals surface area contributed by atoms with Crippen molar-refractivity contribution < 1.29 is 9.18 Å². The number of aryl methyl sites for hydroxylation is 1. The van der Waals surface area contributed by atoms with Crippen molar-refractivity contribution in [3.8, 4) is 0 Å². The van der Waals surface area contributed by atoms with E-state index in [9.17, 15) is 4.79 Å². The van der Waals surface area contributed by atoms with E-state index in [1.807, 2.05) is 37.4 Å². The van der Waals surface area contributed by atoms with Crippen LogP contribution in [0.25, 0.3) is 5.57 Å². The number of ketones is 1. The molecule has 3 N–H and O–H groups in total. The summed E-state index contributed by atoms with van der Waals surface area (Å²) in [7, 11) is 0. The van der Waals surface area contributed by atoms with Crippen molar-refractivity contribution in [2.75, 3.05) is 16.0 Å². The van der Waals surface area contributed by atoms with E-state index in [-0.39, 0.29) is 23.6 Å². The first-order chi connectivity index (χ1) is 15.2. The van der Waals surface area contributed by atoms with Gasteiger partial charge in [-0.2, -0.15) is 0 Å². The van der Waals surface area contributed by atoms with E-state index in [0.717, 1.165) is 36.9 Å². The monoisotopic (exact) mass is 453 g/mol. The van der Waals surface area contributed by atoms with Crippen LogP contribution in [0.4, 0.5) is 21.5 Å². The van der Waals surface area contributed by atoms with Gasteiger partial charge in [-0.1, -0.05) is 30.3 Å². The van der Waals surface area contributed by atoms with E-state index in [4.69, 9.17) is 17.3 Å². The average molecular weight is 454 g/mol. The third-order valence-electron chi connectivity index (χ3n) is 6.54. The first-order valence-corrected chi connectivity index (χ1v) is 11.4. The summed E-state index contributed by atoms with van der Waals surface area (Å²) >= 11 is 5.97. The van der Waals surface area contributed by atoms with E-state index in [1.165, 1.54) is 12.5 Å². The van der Waals surface area contributed by atoms with Crippen molar-refractivity contribution in [1.29, 1.82) is 0 Å². The lowest BCUT2D eigenvalue weighted by atomic mass is 9.83. The molecule has 0 fully saturated rings. The Morgan fingerprint density at radius 3 is 2.72 bits per heavy atom. The van der Waals surface area contributed by atoms with Crippen LogP contribution in [-0.4, -0.2) is 17.9 Å². The van der Waals surface area contributed by atoms with Crippen molar-refractivity contribution in [3.63, 3.8) is 0 Å². The molecule has 2 unspecified atom stereocenters. The van der Waals surface area contributed by atoms with Crippen LogP contribution in [-0.2, 0) is 17.6 Å². The van der Waals surface area contributed by atoms with Gasteiger partial charge in [0.15, 0.2) is 11.6 Å². The van der Waals surface area contributed by atoms with Crippen LogP contribution in [0.3, 0.4) is 0 Å². The van der Waals surface area contributed by atoms with Crippen molar-refractivity contribution in [2.24, 2.45) is 0 Å². The summed E-state index contributed by atoms with van der Waals surface area (Å²) < 4.78 is 15.6. The van der Waals surface area contributed by atoms with Crippen LogP contribution in [0, 0.1) is 5.82 Å². The maximum Gasteiger partial charge on any atom is 0.170 e. The van der Waals surface area contributed by atoms with Gasteiger partial charge in [-0.05, 0) is 69.7 Å². The fourth-order valence-corrected chi connectivity index (χ4v) is 4.80. The Hall–Kier alpha value is -2.79. The Kier molecular flexibility index (Phi) is 6.04. The fraction of sp³-hybridized carbons (Fsp3) is 0.346. The average Bonchev–Trinajstić information content (AvgIpc) is 2.75. The molecule has 0 bridgehead atoms. The number of carbonyl (C=O) groups excluding carboxylic acids is 1. The number of carbonyl (C=O) groups is 1. The zero-order chi connectivity index (χ0) is 23.2. The lowest BCUT2D eigenvalue weighted by Crippen LogP contribution is -2.37. The molecule has 2 aliphatic rings. The standard InChI is InChI=1S/C26H29ClFN3O/c1-14(5-7-18-8-10-19(27)11-9-18)30-25-20-12-6-15(2)31-13-21(17(4)32)16(3)22(26(20)31)24(29)23(25)28/h8-11,13-15,30H,3,5-7,12,29H2,1-2,4H3. The second kappa shape index (κ2) is 8.62. The Bertz CT molecular complexity index is 1120. The number of rotatable bonds is 6. The van der Waals surface area contributed by atoms with Gasteiger partial charge in [0.05, 0.1) is 17.1 Å². The van der Waals surface area contributed by atoms with Crippen LogP contribution in [0.5, 0.6) is 0 Å². The number of halogens is 2. The number of anilines is 3. The first-order valence-electron chi connectivity index (χ1n) is 11.0. The number of nitrogens with two attached hydrogens (primary N) is 1. The predicted molar refractivity (Wildman–Crippen MR) is 132 cm³/mol. The maximum atomic E-state index is 15.6. The largest absolute Gasteiger partial charge is 0.396 e. The molecule has 168 valence electrons. The molecule has 0 spiro atoms. The highest BCUT2D eigenvalue weighted by atomic mass is 35.5. The van der Waals surface area contributed by atoms with Crippen LogP contribution in [0.1, 0.15) is 50.3 Å². The van der Waals surface area contributed by atoms with Gasteiger partial charge in [0.25, 0.3) is 0 Å². The van der Waals surface area contributed by atoms with E-state index >= 15 is 4.39 Å². The molecule has 4 rings (SSSR count). The van der Waals surface area contributed by atoms with E-state index in [1.54, 1.807) is 0 Å². The summed E-state index contributed by atoms with van der Waals surface area (Å²) in [5, 5.41) is 4.11. The molecule has 2 atom stereocenters. The Morgan fingerprint density at radius 1 is 1.38 bits per heavy atom. The minimum atomic E-state index is -0.461. The summed E-state index contributed by atoms with van der Waals surface area (Å²) in [5.74, 6) is -0.560. The van der Waals surface area contributed by atoms with Crippen LogP contribution in [0.2, 0.25) is 5.02 Å². The molecule has 0 aliphatic carbocycles. The number of hydrogen-bond acceptors (Lipinski definition) is 4. The summed E-state index contributed by atoms with van der Waals surface area (Å²) in [6, 6.07) is 8.02. The third-order valence-corrected chi connectivity index (χ3v) is 6.79. The predicted octanol–water partition coefficient (Wildman–Crippen LogP) is 6.14. The van der Waals surface area contributed by atoms with Crippen molar-refractivity contribution in [2.45, 2.75) is 58.5 Å². The van der Waals surface area contributed by atoms with Gasteiger partial charge < -0.3 is 16.0 Å². The highest BCUT2D eigenvalue weighted by Gasteiger charge is 2.36. The van der Waals surface area contributed by atoms with Crippen LogP contribution in [0.15, 0.2) is 42.6 Å². The van der Waals surface area contributed by atoms with E-state index in [0.29, 0.717) is 27.4 Å². The lowest BCUT2D eigenvalue weighted by Gasteiger charge is -2.41. The second-order valence-corrected chi connectivity index (χ2v) is 9.32. The summed E-state index contributed by atoms with van der Waals surface area (Å²) in [6.45, 7) is 9.75. The smallest absolute Gasteiger partial charge is 0.170 e. The molecule has 4 nitrogen and oxygen atoms in total. The van der Waals surface area contributed by atoms with Crippen LogP contribution < -0.4 is 16.0 Å². The molecule has 2 aromatic rings.